The molecule has 0 fully saturated rings. The quantitative estimate of drug-likeness (QED) is 0.711. The molecule has 0 unspecified atom stereocenters. The minimum atomic E-state index is -0.0240. The highest BCUT2D eigenvalue weighted by Crippen LogP contribution is 2.09. The number of fused-ring (bicyclic) bond motifs is 1. The minimum Gasteiger partial charge on any atom is -0.287 e. The molecule has 2 aromatic rings. The molecule has 0 spiro atoms. The highest BCUT2D eigenvalue weighted by Gasteiger charge is 1.98. The molecule has 0 amide bonds. The maximum Gasteiger partial charge on any atom is 0.207 e. The second kappa shape index (κ2) is 3.01. The van der Waals surface area contributed by atoms with Crippen LogP contribution in [0.5, 0.6) is 0 Å². The Hall–Kier alpha value is -1.64. The summed E-state index contributed by atoms with van der Waals surface area (Å²) in [6.45, 7) is 2.07. The summed E-state index contributed by atoms with van der Waals surface area (Å²) in [5.41, 5.74) is 1.94. The van der Waals surface area contributed by atoms with Crippen LogP contribution in [0.2, 0.25) is 0 Å². The molecule has 13 heavy (non-hydrogen) atoms. The summed E-state index contributed by atoms with van der Waals surface area (Å²) in [5.74, 6) is 0. The van der Waals surface area contributed by atoms with E-state index in [1.807, 2.05) is 18.2 Å². The third kappa shape index (κ3) is 1.33. The fourth-order valence-electron chi connectivity index (χ4n) is 1.34. The Bertz CT molecular complexity index is 487. The van der Waals surface area contributed by atoms with Gasteiger partial charge >= 0.3 is 0 Å². The van der Waals surface area contributed by atoms with E-state index in [0.717, 1.165) is 11.9 Å². The summed E-state index contributed by atoms with van der Waals surface area (Å²) < 4.78 is 0. The zero-order valence-corrected chi connectivity index (χ0v) is 7.37. The second-order valence-electron chi connectivity index (χ2n) is 2.97. The fourth-order valence-corrected chi connectivity index (χ4v) is 1.34. The van der Waals surface area contributed by atoms with Gasteiger partial charge in [0.25, 0.3) is 0 Å². The second-order valence-corrected chi connectivity index (χ2v) is 2.97. The molecule has 0 saturated carbocycles. The Balaban J connectivity index is 2.82. The van der Waals surface area contributed by atoms with Crippen LogP contribution in [-0.4, -0.2) is 10.2 Å². The number of aryl methyl sites for hydroxylation is 1. The Labute approximate surface area is 75.4 Å². The zero-order chi connectivity index (χ0) is 9.26. The Morgan fingerprint density at radius 2 is 2.31 bits per heavy atom. The number of aromatic amines is 1. The lowest BCUT2D eigenvalue weighted by molar-refractivity contribution is 1.06. The van der Waals surface area contributed by atoms with Gasteiger partial charge in [-0.25, -0.2) is 0 Å². The SMILES string of the molecule is CCc1ccc2[nH]ncc(=O)c2c1. The standard InChI is InChI=1S/C10H10N2O/c1-2-7-3-4-9-8(5-7)10(13)6-11-12-9/h3-6H,2H2,1H3,(H,12,13). The maximum absolute atomic E-state index is 11.4. The molecule has 3 heteroatoms. The Morgan fingerprint density at radius 3 is 3.08 bits per heavy atom. The number of hydrogen-bond donors (Lipinski definition) is 1. The number of H-pyrrole nitrogens is 1. The number of benzene rings is 1. The van der Waals surface area contributed by atoms with E-state index in [4.69, 9.17) is 0 Å². The normalized spacial score (nSPS) is 10.5. The van der Waals surface area contributed by atoms with Crippen molar-refractivity contribution in [2.75, 3.05) is 0 Å². The molecule has 1 aromatic carbocycles. The molecule has 0 bridgehead atoms. The van der Waals surface area contributed by atoms with Gasteiger partial charge in [-0.05, 0) is 24.1 Å². The number of nitrogens with one attached hydrogen (secondary N) is 1. The summed E-state index contributed by atoms with van der Waals surface area (Å²) in [4.78, 5) is 11.4. The van der Waals surface area contributed by atoms with E-state index in [0.29, 0.717) is 5.39 Å². The lowest BCUT2D eigenvalue weighted by Gasteiger charge is -1.98. The van der Waals surface area contributed by atoms with Gasteiger partial charge in [0.1, 0.15) is 0 Å². The van der Waals surface area contributed by atoms with Crippen LogP contribution in [0.25, 0.3) is 10.9 Å². The molecule has 0 atom stereocenters. The van der Waals surface area contributed by atoms with Gasteiger partial charge in [0, 0.05) is 5.39 Å². The number of rotatable bonds is 1. The van der Waals surface area contributed by atoms with Gasteiger partial charge in [-0.3, -0.25) is 9.89 Å². The first-order chi connectivity index (χ1) is 6.31. The predicted molar refractivity (Wildman–Crippen MR) is 51.7 cm³/mol. The van der Waals surface area contributed by atoms with Crippen LogP contribution in [0.3, 0.4) is 0 Å². The molecule has 0 radical (unpaired) electrons. The summed E-state index contributed by atoms with van der Waals surface area (Å²) >= 11 is 0. The molecule has 0 aliphatic heterocycles. The average Bonchev–Trinajstić information content (AvgIpc) is 2.18. The lowest BCUT2D eigenvalue weighted by Crippen LogP contribution is -2.03. The Morgan fingerprint density at radius 1 is 1.46 bits per heavy atom. The topological polar surface area (TPSA) is 45.8 Å². The lowest BCUT2D eigenvalue weighted by atomic mass is 10.1. The van der Waals surface area contributed by atoms with Crippen molar-refractivity contribution >= 4 is 10.9 Å². The van der Waals surface area contributed by atoms with Gasteiger partial charge in [-0.2, -0.15) is 5.10 Å². The van der Waals surface area contributed by atoms with Crippen molar-refractivity contribution in [1.82, 2.24) is 10.2 Å². The van der Waals surface area contributed by atoms with Gasteiger partial charge in [-0.15, -0.1) is 0 Å². The monoisotopic (exact) mass is 174 g/mol. The van der Waals surface area contributed by atoms with Crippen molar-refractivity contribution in [1.29, 1.82) is 0 Å². The van der Waals surface area contributed by atoms with Crippen molar-refractivity contribution < 1.29 is 0 Å². The molecule has 1 heterocycles. The highest BCUT2D eigenvalue weighted by atomic mass is 16.1. The van der Waals surface area contributed by atoms with Gasteiger partial charge in [0.15, 0.2) is 0 Å². The minimum absolute atomic E-state index is 0.0240. The van der Waals surface area contributed by atoms with E-state index in [-0.39, 0.29) is 5.43 Å². The Kier molecular flexibility index (Phi) is 1.85. The summed E-state index contributed by atoms with van der Waals surface area (Å²) in [6.07, 6.45) is 2.25. The van der Waals surface area contributed by atoms with Gasteiger partial charge in [0.05, 0.1) is 11.7 Å². The summed E-state index contributed by atoms with van der Waals surface area (Å²) in [5, 5.41) is 7.24. The smallest absolute Gasteiger partial charge is 0.207 e. The third-order valence-electron chi connectivity index (χ3n) is 2.12. The largest absolute Gasteiger partial charge is 0.287 e. The number of aromatic nitrogens is 2. The van der Waals surface area contributed by atoms with Crippen LogP contribution in [0.4, 0.5) is 0 Å². The van der Waals surface area contributed by atoms with Crippen LogP contribution in [0.15, 0.2) is 29.2 Å². The van der Waals surface area contributed by atoms with Crippen LogP contribution in [0, 0.1) is 0 Å². The third-order valence-corrected chi connectivity index (χ3v) is 2.12. The molecular weight excluding hydrogens is 164 g/mol. The van der Waals surface area contributed by atoms with Crippen LogP contribution in [0.1, 0.15) is 12.5 Å². The molecule has 2 rings (SSSR count). The molecule has 0 aliphatic carbocycles. The van der Waals surface area contributed by atoms with E-state index in [2.05, 4.69) is 17.1 Å². The van der Waals surface area contributed by atoms with Crippen molar-refractivity contribution in [2.45, 2.75) is 13.3 Å². The van der Waals surface area contributed by atoms with Crippen molar-refractivity contribution in [3.63, 3.8) is 0 Å². The van der Waals surface area contributed by atoms with E-state index in [9.17, 15) is 4.79 Å². The zero-order valence-electron chi connectivity index (χ0n) is 7.37. The van der Waals surface area contributed by atoms with Crippen LogP contribution < -0.4 is 5.43 Å². The van der Waals surface area contributed by atoms with Crippen LogP contribution in [-0.2, 0) is 6.42 Å². The van der Waals surface area contributed by atoms with Gasteiger partial charge < -0.3 is 0 Å². The van der Waals surface area contributed by atoms with Crippen molar-refractivity contribution in [3.05, 3.63) is 40.2 Å². The molecule has 0 saturated heterocycles. The first-order valence-corrected chi connectivity index (χ1v) is 4.27. The van der Waals surface area contributed by atoms with E-state index in [1.165, 1.54) is 11.8 Å². The summed E-state index contributed by atoms with van der Waals surface area (Å²) in [6, 6.07) is 5.80. The summed E-state index contributed by atoms with van der Waals surface area (Å²) in [7, 11) is 0. The average molecular weight is 174 g/mol. The number of nitrogens with zero attached hydrogens (tertiary/aromatic N) is 1. The molecule has 3 nitrogen and oxygen atoms in total. The maximum atomic E-state index is 11.4. The molecular formula is C10H10N2O. The van der Waals surface area contributed by atoms with E-state index in [1.54, 1.807) is 0 Å². The molecule has 66 valence electrons. The van der Waals surface area contributed by atoms with E-state index < -0.39 is 0 Å². The van der Waals surface area contributed by atoms with Crippen molar-refractivity contribution in [2.24, 2.45) is 0 Å². The predicted octanol–water partition coefficient (Wildman–Crippen LogP) is 1.49. The molecule has 1 N–H and O–H groups in total. The number of hydrogen-bond acceptors (Lipinski definition) is 2. The molecule has 0 aliphatic rings. The van der Waals surface area contributed by atoms with Crippen LogP contribution >= 0.6 is 0 Å². The molecule has 1 aromatic heterocycles. The first kappa shape index (κ1) is 7.98. The van der Waals surface area contributed by atoms with Gasteiger partial charge in [0.2, 0.25) is 5.43 Å². The van der Waals surface area contributed by atoms with E-state index >= 15 is 0 Å². The van der Waals surface area contributed by atoms with Crippen molar-refractivity contribution in [3.8, 4) is 0 Å². The van der Waals surface area contributed by atoms with Gasteiger partial charge in [-0.1, -0.05) is 13.0 Å². The highest BCUT2D eigenvalue weighted by molar-refractivity contribution is 5.78. The fraction of sp³-hybridized carbons (Fsp3) is 0.200. The first-order valence-electron chi connectivity index (χ1n) is 4.27.